The van der Waals surface area contributed by atoms with E-state index >= 15 is 0 Å². The van der Waals surface area contributed by atoms with Crippen LogP contribution < -0.4 is 10.2 Å². The zero-order chi connectivity index (χ0) is 10.8. The second-order valence-electron chi connectivity index (χ2n) is 4.00. The Kier molecular flexibility index (Phi) is 2.86. The van der Waals surface area contributed by atoms with Gasteiger partial charge < -0.3 is 10.2 Å². The first kappa shape index (κ1) is 10.4. The van der Waals surface area contributed by atoms with Gasteiger partial charge in [-0.2, -0.15) is 0 Å². The van der Waals surface area contributed by atoms with Crippen LogP contribution in [0.4, 0.5) is 5.82 Å². The summed E-state index contributed by atoms with van der Waals surface area (Å²) in [6.07, 6.45) is 1.88. The van der Waals surface area contributed by atoms with Crippen LogP contribution in [0.15, 0.2) is 6.20 Å². The number of nitrogens with zero attached hydrogens (tertiary/aromatic N) is 3. The number of aromatic nitrogens is 2. The molecule has 0 bridgehead atoms. The molecule has 0 radical (unpaired) electrons. The lowest BCUT2D eigenvalue weighted by atomic mass is 10.1. The van der Waals surface area contributed by atoms with Gasteiger partial charge >= 0.3 is 0 Å². The van der Waals surface area contributed by atoms with Crippen molar-refractivity contribution in [1.29, 1.82) is 0 Å². The molecule has 0 spiro atoms. The Bertz CT molecular complexity index is 346. The Morgan fingerprint density at radius 1 is 1.40 bits per heavy atom. The predicted octanol–water partition coefficient (Wildman–Crippen LogP) is 0.892. The van der Waals surface area contributed by atoms with Crippen LogP contribution in [-0.4, -0.2) is 35.6 Å². The van der Waals surface area contributed by atoms with Crippen LogP contribution in [0, 0.1) is 13.8 Å². The van der Waals surface area contributed by atoms with E-state index in [9.17, 15) is 0 Å². The van der Waals surface area contributed by atoms with Crippen molar-refractivity contribution in [2.24, 2.45) is 0 Å². The normalized spacial score (nSPS) is 16.2. The SMILES string of the molecule is CCN(c1cnc(C)c(C)n1)C1CNC1. The molecule has 1 aliphatic rings. The number of aryl methyl sites for hydroxylation is 2. The standard InChI is InChI=1S/C11H18N4/c1-4-15(10-5-12-6-10)11-7-13-8(2)9(3)14-11/h7,10,12H,4-6H2,1-3H3. The van der Waals surface area contributed by atoms with E-state index in [1.54, 1.807) is 0 Å². The van der Waals surface area contributed by atoms with Gasteiger partial charge in [0.05, 0.1) is 23.6 Å². The first-order chi connectivity index (χ1) is 7.22. The Hall–Kier alpha value is -1.16. The van der Waals surface area contributed by atoms with Crippen LogP contribution in [0.2, 0.25) is 0 Å². The van der Waals surface area contributed by atoms with E-state index < -0.39 is 0 Å². The molecule has 0 unspecified atom stereocenters. The molecule has 4 heteroatoms. The van der Waals surface area contributed by atoms with Crippen molar-refractivity contribution in [1.82, 2.24) is 15.3 Å². The van der Waals surface area contributed by atoms with Gasteiger partial charge in [-0.15, -0.1) is 0 Å². The summed E-state index contributed by atoms with van der Waals surface area (Å²) in [7, 11) is 0. The van der Waals surface area contributed by atoms with Crippen molar-refractivity contribution in [2.45, 2.75) is 26.8 Å². The lowest BCUT2D eigenvalue weighted by Gasteiger charge is -2.38. The maximum Gasteiger partial charge on any atom is 0.147 e. The van der Waals surface area contributed by atoms with Crippen molar-refractivity contribution >= 4 is 5.82 Å². The number of anilines is 1. The second kappa shape index (κ2) is 4.14. The van der Waals surface area contributed by atoms with Crippen LogP contribution >= 0.6 is 0 Å². The van der Waals surface area contributed by atoms with E-state index in [1.165, 1.54) is 0 Å². The first-order valence-corrected chi connectivity index (χ1v) is 5.50. The smallest absolute Gasteiger partial charge is 0.147 e. The number of likely N-dealkylation sites (N-methyl/N-ethyl adjacent to an activating group) is 1. The van der Waals surface area contributed by atoms with E-state index in [0.717, 1.165) is 36.8 Å². The number of rotatable bonds is 3. The first-order valence-electron chi connectivity index (χ1n) is 5.50. The minimum Gasteiger partial charge on any atom is -0.350 e. The summed E-state index contributed by atoms with van der Waals surface area (Å²) in [5, 5.41) is 3.28. The molecule has 2 rings (SSSR count). The lowest BCUT2D eigenvalue weighted by Crippen LogP contribution is -2.57. The highest BCUT2D eigenvalue weighted by Gasteiger charge is 2.24. The van der Waals surface area contributed by atoms with Crippen molar-refractivity contribution in [3.63, 3.8) is 0 Å². The highest BCUT2D eigenvalue weighted by Crippen LogP contribution is 2.16. The average Bonchev–Trinajstić information content (AvgIpc) is 2.16. The van der Waals surface area contributed by atoms with Crippen LogP contribution in [0.1, 0.15) is 18.3 Å². The molecule has 1 aromatic rings. The molecule has 15 heavy (non-hydrogen) atoms. The fourth-order valence-corrected chi connectivity index (χ4v) is 1.77. The van der Waals surface area contributed by atoms with Gasteiger partial charge in [0, 0.05) is 19.6 Å². The molecule has 2 heterocycles. The van der Waals surface area contributed by atoms with Gasteiger partial charge in [0.2, 0.25) is 0 Å². The third kappa shape index (κ3) is 1.95. The molecule has 0 aliphatic carbocycles. The summed E-state index contributed by atoms with van der Waals surface area (Å²) < 4.78 is 0. The van der Waals surface area contributed by atoms with Gasteiger partial charge in [-0.25, -0.2) is 4.98 Å². The molecule has 0 amide bonds. The lowest BCUT2D eigenvalue weighted by molar-refractivity contribution is 0.415. The Labute approximate surface area is 90.7 Å². The fourth-order valence-electron chi connectivity index (χ4n) is 1.77. The van der Waals surface area contributed by atoms with Crippen LogP contribution in [0.5, 0.6) is 0 Å². The van der Waals surface area contributed by atoms with Crippen LogP contribution in [0.3, 0.4) is 0 Å². The molecular weight excluding hydrogens is 188 g/mol. The van der Waals surface area contributed by atoms with Gasteiger partial charge in [0.25, 0.3) is 0 Å². The highest BCUT2D eigenvalue weighted by atomic mass is 15.3. The summed E-state index contributed by atoms with van der Waals surface area (Å²) in [6, 6.07) is 0.589. The summed E-state index contributed by atoms with van der Waals surface area (Å²) in [4.78, 5) is 11.3. The third-order valence-electron chi connectivity index (χ3n) is 3.02. The summed E-state index contributed by atoms with van der Waals surface area (Å²) in [5.74, 6) is 1.01. The second-order valence-corrected chi connectivity index (χ2v) is 4.00. The maximum atomic E-state index is 4.58. The summed E-state index contributed by atoms with van der Waals surface area (Å²) in [6.45, 7) is 9.27. The molecule has 1 saturated heterocycles. The van der Waals surface area contributed by atoms with Crippen molar-refractivity contribution < 1.29 is 0 Å². The minimum atomic E-state index is 0.589. The molecule has 0 saturated carbocycles. The Morgan fingerprint density at radius 3 is 2.60 bits per heavy atom. The number of hydrogen-bond acceptors (Lipinski definition) is 4. The van der Waals surface area contributed by atoms with E-state index in [-0.39, 0.29) is 0 Å². The van der Waals surface area contributed by atoms with Crippen molar-refractivity contribution in [3.05, 3.63) is 17.6 Å². The average molecular weight is 206 g/mol. The number of hydrogen-bond donors (Lipinski definition) is 1. The molecule has 4 nitrogen and oxygen atoms in total. The molecule has 1 fully saturated rings. The minimum absolute atomic E-state index is 0.589. The van der Waals surface area contributed by atoms with Gasteiger partial charge in [0.1, 0.15) is 5.82 Å². The molecule has 0 atom stereocenters. The van der Waals surface area contributed by atoms with E-state index in [1.807, 2.05) is 20.0 Å². The molecule has 1 aromatic heterocycles. The maximum absolute atomic E-state index is 4.58. The Morgan fingerprint density at radius 2 is 2.13 bits per heavy atom. The molecule has 1 N–H and O–H groups in total. The molecule has 82 valence electrons. The van der Waals surface area contributed by atoms with E-state index in [0.29, 0.717) is 6.04 Å². The molecule has 0 aromatic carbocycles. The van der Waals surface area contributed by atoms with Crippen molar-refractivity contribution in [3.8, 4) is 0 Å². The van der Waals surface area contributed by atoms with Crippen molar-refractivity contribution in [2.75, 3.05) is 24.5 Å². The largest absolute Gasteiger partial charge is 0.350 e. The zero-order valence-corrected chi connectivity index (χ0v) is 9.62. The summed E-state index contributed by atoms with van der Waals surface area (Å²) in [5.41, 5.74) is 2.04. The predicted molar refractivity (Wildman–Crippen MR) is 61.2 cm³/mol. The van der Waals surface area contributed by atoms with E-state index in [2.05, 4.69) is 27.1 Å². The number of nitrogens with one attached hydrogen (secondary N) is 1. The highest BCUT2D eigenvalue weighted by molar-refractivity contribution is 5.39. The van der Waals surface area contributed by atoms with Gasteiger partial charge in [0.15, 0.2) is 0 Å². The third-order valence-corrected chi connectivity index (χ3v) is 3.02. The van der Waals surface area contributed by atoms with Gasteiger partial charge in [-0.05, 0) is 20.8 Å². The quantitative estimate of drug-likeness (QED) is 0.797. The van der Waals surface area contributed by atoms with Crippen LogP contribution in [0.25, 0.3) is 0 Å². The van der Waals surface area contributed by atoms with Gasteiger partial charge in [-0.1, -0.05) is 0 Å². The van der Waals surface area contributed by atoms with E-state index in [4.69, 9.17) is 0 Å². The molecule has 1 aliphatic heterocycles. The fraction of sp³-hybridized carbons (Fsp3) is 0.636. The van der Waals surface area contributed by atoms with Gasteiger partial charge in [-0.3, -0.25) is 4.98 Å². The van der Waals surface area contributed by atoms with Crippen LogP contribution in [-0.2, 0) is 0 Å². The monoisotopic (exact) mass is 206 g/mol. The topological polar surface area (TPSA) is 41.1 Å². The summed E-state index contributed by atoms with van der Waals surface area (Å²) >= 11 is 0. The Balaban J connectivity index is 2.21. The zero-order valence-electron chi connectivity index (χ0n) is 9.62. The molecular formula is C11H18N4.